The van der Waals surface area contributed by atoms with Gasteiger partial charge in [-0.25, -0.2) is 13.2 Å². The van der Waals surface area contributed by atoms with Gasteiger partial charge in [0, 0.05) is 13.5 Å². The molecule has 0 saturated carbocycles. The lowest BCUT2D eigenvalue weighted by molar-refractivity contribution is 0.0141. The minimum atomic E-state index is -1.62. The molecule has 0 bridgehead atoms. The third-order valence-electron chi connectivity index (χ3n) is 2.84. The molecule has 1 aromatic carbocycles. The van der Waals surface area contributed by atoms with Crippen LogP contribution in [-0.2, 0) is 4.74 Å². The number of ether oxygens (including phenoxy) is 1. The van der Waals surface area contributed by atoms with E-state index in [1.54, 1.807) is 13.8 Å². The molecule has 0 aromatic heterocycles. The Morgan fingerprint density at radius 2 is 1.83 bits per heavy atom. The summed E-state index contributed by atoms with van der Waals surface area (Å²) < 4.78 is 44.1. The van der Waals surface area contributed by atoms with E-state index in [2.05, 4.69) is 0 Å². The molecule has 1 rings (SSSR count). The highest BCUT2D eigenvalue weighted by Gasteiger charge is 2.22. The zero-order valence-electron chi connectivity index (χ0n) is 10.5. The molecule has 0 amide bonds. The largest absolute Gasteiger partial charge is 0.379 e. The average Bonchev–Trinajstić information content (AvgIpc) is 2.33. The number of Topliss-reactive ketones (excluding diaryl/α,β-unsaturated/α-hetero) is 1. The fourth-order valence-corrected chi connectivity index (χ4v) is 1.39. The Morgan fingerprint density at radius 3 is 2.39 bits per heavy atom. The fourth-order valence-electron chi connectivity index (χ4n) is 1.39. The predicted octanol–water partition coefficient (Wildman–Crippen LogP) is 3.49. The molecule has 0 N–H and O–H groups in total. The quantitative estimate of drug-likeness (QED) is 0.598. The monoisotopic (exact) mass is 260 g/mol. The van der Waals surface area contributed by atoms with Crippen molar-refractivity contribution < 1.29 is 22.7 Å². The number of carbonyl (C=O) groups is 1. The molecule has 100 valence electrons. The molecule has 18 heavy (non-hydrogen) atoms. The summed E-state index contributed by atoms with van der Waals surface area (Å²) in [5.41, 5.74) is -0.953. The maximum absolute atomic E-state index is 13.3. The summed E-state index contributed by atoms with van der Waals surface area (Å²) in [4.78, 5) is 11.7. The van der Waals surface area contributed by atoms with Gasteiger partial charge in [-0.15, -0.1) is 0 Å². The van der Waals surface area contributed by atoms with Crippen LogP contribution in [0.2, 0.25) is 0 Å². The first-order valence-electron chi connectivity index (χ1n) is 5.50. The van der Waals surface area contributed by atoms with Gasteiger partial charge in [-0.05, 0) is 32.4 Å². The standard InChI is InChI=1S/C13H15F3O2/c1-13(2,18-3)7-6-10(17)8-4-5-9(14)12(16)11(8)15/h4-5H,6-7H2,1-3H3. The summed E-state index contributed by atoms with van der Waals surface area (Å²) in [6.45, 7) is 3.56. The second kappa shape index (κ2) is 5.52. The van der Waals surface area contributed by atoms with Gasteiger partial charge in [0.05, 0.1) is 11.2 Å². The van der Waals surface area contributed by atoms with Crippen LogP contribution in [0, 0.1) is 17.5 Å². The van der Waals surface area contributed by atoms with Gasteiger partial charge in [-0.3, -0.25) is 4.79 Å². The molecular formula is C13H15F3O2. The normalized spacial score (nSPS) is 11.7. The highest BCUT2D eigenvalue weighted by Crippen LogP contribution is 2.20. The number of halogens is 3. The first-order valence-corrected chi connectivity index (χ1v) is 5.50. The van der Waals surface area contributed by atoms with Crippen molar-refractivity contribution in [2.24, 2.45) is 0 Å². The molecule has 0 atom stereocenters. The van der Waals surface area contributed by atoms with E-state index in [-0.39, 0.29) is 6.42 Å². The van der Waals surface area contributed by atoms with Gasteiger partial charge in [0.1, 0.15) is 0 Å². The molecule has 0 heterocycles. The molecule has 0 spiro atoms. The van der Waals surface area contributed by atoms with Crippen LogP contribution in [0.3, 0.4) is 0 Å². The summed E-state index contributed by atoms with van der Waals surface area (Å²) in [5.74, 6) is -4.93. The van der Waals surface area contributed by atoms with Gasteiger partial charge in [0.2, 0.25) is 0 Å². The third kappa shape index (κ3) is 3.32. The zero-order chi connectivity index (χ0) is 13.9. The number of benzene rings is 1. The van der Waals surface area contributed by atoms with Gasteiger partial charge in [-0.2, -0.15) is 0 Å². The van der Waals surface area contributed by atoms with Crippen LogP contribution in [0.4, 0.5) is 13.2 Å². The minimum absolute atomic E-state index is 0.00281. The van der Waals surface area contributed by atoms with Crippen LogP contribution in [-0.4, -0.2) is 18.5 Å². The Labute approximate surface area is 104 Å². The number of hydrogen-bond donors (Lipinski definition) is 0. The Bertz CT molecular complexity index is 456. The summed E-state index contributed by atoms with van der Waals surface area (Å²) in [6, 6.07) is 1.70. The Morgan fingerprint density at radius 1 is 1.22 bits per heavy atom. The number of hydrogen-bond acceptors (Lipinski definition) is 2. The van der Waals surface area contributed by atoms with E-state index in [1.807, 2.05) is 0 Å². The lowest BCUT2D eigenvalue weighted by Crippen LogP contribution is -2.23. The molecule has 2 nitrogen and oxygen atoms in total. The van der Waals surface area contributed by atoms with Crippen molar-refractivity contribution in [3.63, 3.8) is 0 Å². The van der Waals surface area contributed by atoms with Gasteiger partial charge in [0.15, 0.2) is 23.2 Å². The Kier molecular flexibility index (Phi) is 4.51. The molecule has 0 radical (unpaired) electrons. The summed E-state index contributed by atoms with van der Waals surface area (Å²) in [6.07, 6.45) is 0.365. The minimum Gasteiger partial charge on any atom is -0.379 e. The number of rotatable bonds is 5. The molecule has 0 fully saturated rings. The Hall–Kier alpha value is -1.36. The third-order valence-corrected chi connectivity index (χ3v) is 2.84. The van der Waals surface area contributed by atoms with Crippen molar-refractivity contribution in [3.8, 4) is 0 Å². The van der Waals surface area contributed by atoms with Crippen LogP contribution in [0.1, 0.15) is 37.0 Å². The van der Waals surface area contributed by atoms with E-state index < -0.39 is 34.4 Å². The second-order valence-corrected chi connectivity index (χ2v) is 4.61. The van der Waals surface area contributed by atoms with Crippen LogP contribution >= 0.6 is 0 Å². The van der Waals surface area contributed by atoms with Gasteiger partial charge < -0.3 is 4.74 Å². The second-order valence-electron chi connectivity index (χ2n) is 4.61. The SMILES string of the molecule is COC(C)(C)CCC(=O)c1ccc(F)c(F)c1F. The highest BCUT2D eigenvalue weighted by atomic mass is 19.2. The van der Waals surface area contributed by atoms with Crippen molar-refractivity contribution in [1.29, 1.82) is 0 Å². The molecule has 0 aliphatic heterocycles. The number of methoxy groups -OCH3 is 1. The molecule has 1 aromatic rings. The van der Waals surface area contributed by atoms with E-state index in [1.165, 1.54) is 7.11 Å². The Balaban J connectivity index is 2.83. The smallest absolute Gasteiger partial charge is 0.195 e. The molecule has 5 heteroatoms. The molecular weight excluding hydrogens is 245 g/mol. The van der Waals surface area contributed by atoms with Gasteiger partial charge in [-0.1, -0.05) is 0 Å². The van der Waals surface area contributed by atoms with E-state index in [4.69, 9.17) is 4.74 Å². The fraction of sp³-hybridized carbons (Fsp3) is 0.462. The maximum atomic E-state index is 13.3. The molecule has 0 unspecified atom stereocenters. The van der Waals surface area contributed by atoms with Crippen molar-refractivity contribution in [3.05, 3.63) is 35.1 Å². The van der Waals surface area contributed by atoms with Crippen molar-refractivity contribution in [1.82, 2.24) is 0 Å². The van der Waals surface area contributed by atoms with Crippen LogP contribution in [0.5, 0.6) is 0 Å². The van der Waals surface area contributed by atoms with Crippen molar-refractivity contribution in [2.75, 3.05) is 7.11 Å². The van der Waals surface area contributed by atoms with E-state index in [0.717, 1.165) is 12.1 Å². The highest BCUT2D eigenvalue weighted by molar-refractivity contribution is 5.96. The van der Waals surface area contributed by atoms with Crippen molar-refractivity contribution in [2.45, 2.75) is 32.3 Å². The van der Waals surface area contributed by atoms with Gasteiger partial charge >= 0.3 is 0 Å². The molecule has 0 saturated heterocycles. The van der Waals surface area contributed by atoms with Crippen molar-refractivity contribution >= 4 is 5.78 Å². The van der Waals surface area contributed by atoms with Gasteiger partial charge in [0.25, 0.3) is 0 Å². The average molecular weight is 260 g/mol. The van der Waals surface area contributed by atoms with E-state index >= 15 is 0 Å². The lowest BCUT2D eigenvalue weighted by atomic mass is 9.97. The predicted molar refractivity (Wildman–Crippen MR) is 61.0 cm³/mol. The first-order chi connectivity index (χ1) is 8.28. The topological polar surface area (TPSA) is 26.3 Å². The maximum Gasteiger partial charge on any atom is 0.195 e. The first kappa shape index (κ1) is 14.7. The molecule has 0 aliphatic carbocycles. The van der Waals surface area contributed by atoms with E-state index in [0.29, 0.717) is 6.42 Å². The van der Waals surface area contributed by atoms with Crippen LogP contribution < -0.4 is 0 Å². The van der Waals surface area contributed by atoms with Crippen LogP contribution in [0.15, 0.2) is 12.1 Å². The summed E-state index contributed by atoms with van der Waals surface area (Å²) >= 11 is 0. The van der Waals surface area contributed by atoms with Crippen LogP contribution in [0.25, 0.3) is 0 Å². The number of carbonyl (C=O) groups excluding carboxylic acids is 1. The summed E-state index contributed by atoms with van der Waals surface area (Å²) in [5, 5.41) is 0. The lowest BCUT2D eigenvalue weighted by Gasteiger charge is -2.22. The van der Waals surface area contributed by atoms with E-state index in [9.17, 15) is 18.0 Å². The number of ketones is 1. The summed E-state index contributed by atoms with van der Waals surface area (Å²) in [7, 11) is 1.50. The molecule has 0 aliphatic rings. The zero-order valence-corrected chi connectivity index (χ0v) is 10.5.